The van der Waals surface area contributed by atoms with Crippen molar-refractivity contribution in [1.29, 1.82) is 0 Å². The predicted octanol–water partition coefficient (Wildman–Crippen LogP) is 3.18. The van der Waals surface area contributed by atoms with Gasteiger partial charge in [0.2, 0.25) is 0 Å². The van der Waals surface area contributed by atoms with Gasteiger partial charge in [-0.05, 0) is 37.5 Å². The number of aromatic amines is 1. The lowest BCUT2D eigenvalue weighted by Gasteiger charge is -2.02. The molecule has 106 valence electrons. The van der Waals surface area contributed by atoms with Gasteiger partial charge < -0.3 is 9.72 Å². The Labute approximate surface area is 118 Å². The fourth-order valence-electron chi connectivity index (χ4n) is 1.98. The van der Waals surface area contributed by atoms with E-state index >= 15 is 0 Å². The number of esters is 1. The van der Waals surface area contributed by atoms with Crippen LogP contribution in [0.4, 0.5) is 0 Å². The van der Waals surface area contributed by atoms with Gasteiger partial charge in [-0.1, -0.05) is 19.6 Å². The number of fused-ring (bicyclic) bond motifs is 1. The molecule has 4 nitrogen and oxygen atoms in total. The van der Waals surface area contributed by atoms with Gasteiger partial charge in [-0.2, -0.15) is 0 Å². The molecule has 20 heavy (non-hydrogen) atoms. The minimum Gasteiger partial charge on any atom is -0.462 e. The van der Waals surface area contributed by atoms with Crippen LogP contribution in [0.3, 0.4) is 0 Å². The van der Waals surface area contributed by atoms with Crippen molar-refractivity contribution in [3.8, 4) is 0 Å². The van der Waals surface area contributed by atoms with Crippen LogP contribution >= 0.6 is 0 Å². The monoisotopic (exact) mass is 272 g/mol. The zero-order valence-corrected chi connectivity index (χ0v) is 12.0. The van der Waals surface area contributed by atoms with Gasteiger partial charge >= 0.3 is 5.97 Å². The molecule has 0 fully saturated rings. The summed E-state index contributed by atoms with van der Waals surface area (Å²) in [5.41, 5.74) is 3.78. The van der Waals surface area contributed by atoms with E-state index in [4.69, 9.17) is 4.74 Å². The molecule has 2 rings (SSSR count). The molecule has 0 saturated carbocycles. The average molecular weight is 272 g/mol. The highest BCUT2D eigenvalue weighted by molar-refractivity contribution is 5.86. The Morgan fingerprint density at radius 1 is 1.45 bits per heavy atom. The van der Waals surface area contributed by atoms with E-state index in [9.17, 15) is 4.79 Å². The van der Waals surface area contributed by atoms with Crippen LogP contribution in [-0.4, -0.2) is 22.5 Å². The number of H-pyrrole nitrogens is 1. The Morgan fingerprint density at radius 3 is 2.95 bits per heavy atom. The van der Waals surface area contributed by atoms with Crippen LogP contribution in [0.15, 0.2) is 30.4 Å². The molecule has 0 aliphatic rings. The lowest BCUT2D eigenvalue weighted by atomic mass is 10.1. The minimum absolute atomic E-state index is 0.331. The largest absolute Gasteiger partial charge is 0.462 e. The van der Waals surface area contributed by atoms with E-state index < -0.39 is 0 Å². The molecular formula is C16H20N2O2. The fourth-order valence-corrected chi connectivity index (χ4v) is 1.98. The van der Waals surface area contributed by atoms with E-state index in [-0.39, 0.29) is 5.97 Å². The molecule has 1 aromatic heterocycles. The van der Waals surface area contributed by atoms with Crippen molar-refractivity contribution >= 4 is 17.0 Å². The van der Waals surface area contributed by atoms with Crippen molar-refractivity contribution in [2.45, 2.75) is 33.1 Å². The normalized spacial score (nSPS) is 10.7. The number of imidazole rings is 1. The molecule has 0 bridgehead atoms. The number of ether oxygens (including phenoxy) is 1. The summed E-state index contributed by atoms with van der Waals surface area (Å²) in [5, 5.41) is 0. The standard InChI is InChI=1S/C16H20N2O2/c1-4-12-7-8-13-14(10-12)18-15(17-13)6-5-9-20-16(19)11(2)3/h7-8,10H,2,4-6,9H2,1,3H3,(H,17,18). The van der Waals surface area contributed by atoms with Gasteiger partial charge in [0.1, 0.15) is 5.82 Å². The number of aryl methyl sites for hydroxylation is 2. The van der Waals surface area contributed by atoms with Crippen LogP contribution < -0.4 is 0 Å². The number of carbonyl (C=O) groups is 1. The van der Waals surface area contributed by atoms with Crippen molar-refractivity contribution in [2.24, 2.45) is 0 Å². The molecule has 1 aromatic carbocycles. The number of benzene rings is 1. The number of hydrogen-bond donors (Lipinski definition) is 1. The molecule has 0 unspecified atom stereocenters. The molecule has 4 heteroatoms. The van der Waals surface area contributed by atoms with Gasteiger partial charge in [0.25, 0.3) is 0 Å². The Balaban J connectivity index is 1.90. The highest BCUT2D eigenvalue weighted by Gasteiger charge is 2.05. The zero-order valence-electron chi connectivity index (χ0n) is 12.0. The summed E-state index contributed by atoms with van der Waals surface area (Å²) in [5.74, 6) is 0.599. The maximum Gasteiger partial charge on any atom is 0.333 e. The molecule has 2 aromatic rings. The SMILES string of the molecule is C=C(C)C(=O)OCCCc1nc2ccc(CC)cc2[nH]1. The first-order valence-corrected chi connectivity index (χ1v) is 6.90. The van der Waals surface area contributed by atoms with Crippen molar-refractivity contribution < 1.29 is 9.53 Å². The summed E-state index contributed by atoms with van der Waals surface area (Å²) in [6.07, 6.45) is 2.53. The van der Waals surface area contributed by atoms with Crippen LogP contribution in [0.1, 0.15) is 31.7 Å². The topological polar surface area (TPSA) is 55.0 Å². The first kappa shape index (κ1) is 14.3. The maximum atomic E-state index is 11.2. The summed E-state index contributed by atoms with van der Waals surface area (Å²) in [7, 11) is 0. The van der Waals surface area contributed by atoms with Gasteiger partial charge in [0.05, 0.1) is 17.6 Å². The third kappa shape index (κ3) is 3.47. The van der Waals surface area contributed by atoms with Crippen molar-refractivity contribution in [2.75, 3.05) is 6.61 Å². The van der Waals surface area contributed by atoms with Crippen molar-refractivity contribution in [3.63, 3.8) is 0 Å². The van der Waals surface area contributed by atoms with Crippen LogP contribution in [0.2, 0.25) is 0 Å². The summed E-state index contributed by atoms with van der Waals surface area (Å²) in [6, 6.07) is 6.27. The quantitative estimate of drug-likeness (QED) is 0.499. The molecule has 1 heterocycles. The Kier molecular flexibility index (Phi) is 4.56. The number of rotatable bonds is 6. The van der Waals surface area contributed by atoms with E-state index in [0.29, 0.717) is 12.2 Å². The molecule has 0 aliphatic carbocycles. The lowest BCUT2D eigenvalue weighted by molar-refractivity contribution is -0.139. The van der Waals surface area contributed by atoms with Crippen LogP contribution in [0, 0.1) is 0 Å². The third-order valence-electron chi connectivity index (χ3n) is 3.14. The van der Waals surface area contributed by atoms with E-state index in [2.05, 4.69) is 35.6 Å². The number of hydrogen-bond acceptors (Lipinski definition) is 3. The van der Waals surface area contributed by atoms with E-state index in [1.807, 2.05) is 6.07 Å². The number of nitrogens with one attached hydrogen (secondary N) is 1. The Bertz CT molecular complexity index is 628. The predicted molar refractivity (Wildman–Crippen MR) is 79.6 cm³/mol. The molecular weight excluding hydrogens is 252 g/mol. The second-order valence-corrected chi connectivity index (χ2v) is 4.91. The summed E-state index contributed by atoms with van der Waals surface area (Å²) in [4.78, 5) is 19.1. The molecule has 0 spiro atoms. The van der Waals surface area contributed by atoms with Crippen LogP contribution in [0.5, 0.6) is 0 Å². The third-order valence-corrected chi connectivity index (χ3v) is 3.14. The first-order valence-electron chi connectivity index (χ1n) is 6.90. The molecule has 0 saturated heterocycles. The van der Waals surface area contributed by atoms with Crippen LogP contribution in [0.25, 0.3) is 11.0 Å². The molecule has 0 atom stereocenters. The second kappa shape index (κ2) is 6.37. The van der Waals surface area contributed by atoms with Gasteiger partial charge in [-0.25, -0.2) is 9.78 Å². The van der Waals surface area contributed by atoms with Crippen molar-refractivity contribution in [1.82, 2.24) is 9.97 Å². The van der Waals surface area contributed by atoms with Gasteiger partial charge in [0, 0.05) is 12.0 Å². The minimum atomic E-state index is -0.331. The zero-order chi connectivity index (χ0) is 14.5. The lowest BCUT2D eigenvalue weighted by Crippen LogP contribution is -2.07. The molecule has 1 N–H and O–H groups in total. The smallest absolute Gasteiger partial charge is 0.333 e. The van der Waals surface area contributed by atoms with Crippen LogP contribution in [-0.2, 0) is 22.4 Å². The first-order chi connectivity index (χ1) is 9.60. The summed E-state index contributed by atoms with van der Waals surface area (Å²) in [6.45, 7) is 7.71. The molecule has 0 aliphatic heterocycles. The molecule has 0 amide bonds. The van der Waals surface area contributed by atoms with E-state index in [1.165, 1.54) is 5.56 Å². The Hall–Kier alpha value is -2.10. The number of aromatic nitrogens is 2. The van der Waals surface area contributed by atoms with Gasteiger partial charge in [-0.15, -0.1) is 0 Å². The Morgan fingerprint density at radius 2 is 2.25 bits per heavy atom. The summed E-state index contributed by atoms with van der Waals surface area (Å²) >= 11 is 0. The molecule has 0 radical (unpaired) electrons. The summed E-state index contributed by atoms with van der Waals surface area (Å²) < 4.78 is 5.06. The highest BCUT2D eigenvalue weighted by atomic mass is 16.5. The van der Waals surface area contributed by atoms with E-state index in [0.717, 1.165) is 36.1 Å². The number of nitrogens with zero attached hydrogens (tertiary/aromatic N) is 1. The fraction of sp³-hybridized carbons (Fsp3) is 0.375. The second-order valence-electron chi connectivity index (χ2n) is 4.91. The number of carbonyl (C=O) groups excluding carboxylic acids is 1. The van der Waals surface area contributed by atoms with Gasteiger partial charge in [-0.3, -0.25) is 0 Å². The highest BCUT2D eigenvalue weighted by Crippen LogP contribution is 2.15. The van der Waals surface area contributed by atoms with E-state index in [1.54, 1.807) is 6.92 Å². The maximum absolute atomic E-state index is 11.2. The van der Waals surface area contributed by atoms with Crippen molar-refractivity contribution in [3.05, 3.63) is 41.7 Å². The average Bonchev–Trinajstić information content (AvgIpc) is 2.84. The van der Waals surface area contributed by atoms with Gasteiger partial charge in [0.15, 0.2) is 0 Å².